The lowest BCUT2D eigenvalue weighted by Crippen LogP contribution is -2.04. The molecule has 2 rings (SSSR count). The molecule has 0 fully saturated rings. The molecule has 1 aromatic heterocycles. The number of halogens is 4. The Hall–Kier alpha value is -0.490. The first kappa shape index (κ1) is 13.0. The molecular weight excluding hydrogens is 334 g/mol. The summed E-state index contributed by atoms with van der Waals surface area (Å²) in [6.45, 7) is 0. The maximum atomic E-state index is 13.7. The molecule has 17 heavy (non-hydrogen) atoms. The highest BCUT2D eigenvalue weighted by molar-refractivity contribution is 9.10. The third kappa shape index (κ3) is 2.52. The lowest BCUT2D eigenvalue weighted by atomic mass is 10.1. The summed E-state index contributed by atoms with van der Waals surface area (Å²) in [5.74, 6) is -1.59. The number of benzene rings is 1. The van der Waals surface area contributed by atoms with Gasteiger partial charge in [0.15, 0.2) is 0 Å². The number of hydrogen-bond acceptors (Lipinski definition) is 2. The molecule has 6 heteroatoms. The fourth-order valence-corrected chi connectivity index (χ4v) is 2.81. The first-order chi connectivity index (χ1) is 8.00. The Morgan fingerprint density at radius 2 is 1.94 bits per heavy atom. The van der Waals surface area contributed by atoms with Crippen LogP contribution in [0.2, 0.25) is 4.34 Å². The smallest absolute Gasteiger partial charge is 0.146 e. The highest BCUT2D eigenvalue weighted by Gasteiger charge is 2.22. The van der Waals surface area contributed by atoms with E-state index < -0.39 is 17.7 Å². The molecule has 0 bridgehead atoms. The fraction of sp³-hybridized carbons (Fsp3) is 0.0909. The molecule has 0 aliphatic rings. The van der Waals surface area contributed by atoms with E-state index in [1.54, 1.807) is 6.07 Å². The van der Waals surface area contributed by atoms with Gasteiger partial charge in [0.1, 0.15) is 17.7 Å². The van der Waals surface area contributed by atoms with Gasteiger partial charge in [-0.1, -0.05) is 11.6 Å². The Labute approximate surface area is 114 Å². The predicted molar refractivity (Wildman–Crippen MR) is 67.4 cm³/mol. The highest BCUT2D eigenvalue weighted by Crippen LogP contribution is 2.35. The molecule has 0 amide bonds. The van der Waals surface area contributed by atoms with E-state index in [2.05, 4.69) is 15.9 Å². The Kier molecular flexibility index (Phi) is 3.82. The lowest BCUT2D eigenvalue weighted by molar-refractivity contribution is 0.212. The van der Waals surface area contributed by atoms with Crippen LogP contribution in [0.1, 0.15) is 16.5 Å². The maximum Gasteiger partial charge on any atom is 0.146 e. The number of aliphatic hydroxyl groups is 1. The quantitative estimate of drug-likeness (QED) is 0.797. The summed E-state index contributed by atoms with van der Waals surface area (Å²) in [4.78, 5) is 0.394. The van der Waals surface area contributed by atoms with E-state index in [0.29, 0.717) is 9.21 Å². The van der Waals surface area contributed by atoms with Gasteiger partial charge in [-0.05, 0) is 40.2 Å². The molecule has 1 atom stereocenters. The second kappa shape index (κ2) is 5.02. The van der Waals surface area contributed by atoms with E-state index in [1.807, 2.05) is 0 Å². The number of thiophene rings is 1. The van der Waals surface area contributed by atoms with E-state index >= 15 is 0 Å². The number of hydrogen-bond donors (Lipinski definition) is 1. The van der Waals surface area contributed by atoms with Crippen LogP contribution in [0.15, 0.2) is 28.7 Å². The van der Waals surface area contributed by atoms with Crippen LogP contribution in [0.4, 0.5) is 8.78 Å². The van der Waals surface area contributed by atoms with Crippen molar-refractivity contribution >= 4 is 38.9 Å². The van der Waals surface area contributed by atoms with Crippen molar-refractivity contribution in [3.8, 4) is 0 Å². The summed E-state index contributed by atoms with van der Waals surface area (Å²) >= 11 is 9.74. The van der Waals surface area contributed by atoms with Crippen LogP contribution in [0, 0.1) is 11.6 Å². The molecule has 1 N–H and O–H groups in total. The van der Waals surface area contributed by atoms with E-state index in [-0.39, 0.29) is 10.0 Å². The minimum atomic E-state index is -1.36. The molecule has 0 spiro atoms. The van der Waals surface area contributed by atoms with Crippen molar-refractivity contribution < 1.29 is 13.9 Å². The van der Waals surface area contributed by atoms with E-state index in [1.165, 1.54) is 12.1 Å². The molecular formula is C11H6BrClF2OS. The molecule has 0 saturated heterocycles. The van der Waals surface area contributed by atoms with Gasteiger partial charge in [-0.15, -0.1) is 11.3 Å². The molecule has 1 nitrogen and oxygen atoms in total. The van der Waals surface area contributed by atoms with Crippen molar-refractivity contribution in [1.82, 2.24) is 0 Å². The van der Waals surface area contributed by atoms with Crippen LogP contribution in [0.5, 0.6) is 0 Å². The lowest BCUT2D eigenvalue weighted by Gasteiger charge is -2.12. The summed E-state index contributed by atoms with van der Waals surface area (Å²) in [5, 5.41) is 9.94. The molecule has 2 aromatic rings. The van der Waals surface area contributed by atoms with Gasteiger partial charge in [0.2, 0.25) is 0 Å². The van der Waals surface area contributed by atoms with E-state index in [9.17, 15) is 13.9 Å². The van der Waals surface area contributed by atoms with Crippen LogP contribution in [-0.2, 0) is 0 Å². The molecule has 90 valence electrons. The minimum Gasteiger partial charge on any atom is -0.383 e. The van der Waals surface area contributed by atoms with Gasteiger partial charge in [0.05, 0.1) is 14.4 Å². The average Bonchev–Trinajstić information content (AvgIpc) is 2.71. The zero-order valence-electron chi connectivity index (χ0n) is 8.25. The third-order valence-corrected chi connectivity index (χ3v) is 4.11. The Balaban J connectivity index is 2.50. The van der Waals surface area contributed by atoms with Crippen molar-refractivity contribution in [3.63, 3.8) is 0 Å². The average molecular weight is 340 g/mol. The first-order valence-corrected chi connectivity index (χ1v) is 6.56. The zero-order chi connectivity index (χ0) is 12.6. The monoisotopic (exact) mass is 338 g/mol. The topological polar surface area (TPSA) is 20.2 Å². The standard InChI is InChI=1S/C11H6BrClF2OS/c12-5-1-2-6(14)9(10(5)15)11(16)7-3-4-8(13)17-7/h1-4,11,16H. The predicted octanol–water partition coefficient (Wildman–Crippen LogP) is 4.52. The SMILES string of the molecule is OC(c1ccc(Cl)s1)c1c(F)ccc(Br)c1F. The van der Waals surface area contributed by atoms with Gasteiger partial charge in [0, 0.05) is 4.88 Å². The summed E-state index contributed by atoms with van der Waals surface area (Å²) in [6.07, 6.45) is -1.36. The van der Waals surface area contributed by atoms with Gasteiger partial charge in [-0.3, -0.25) is 0 Å². The van der Waals surface area contributed by atoms with Gasteiger partial charge >= 0.3 is 0 Å². The third-order valence-electron chi connectivity index (χ3n) is 2.22. The van der Waals surface area contributed by atoms with Crippen molar-refractivity contribution in [2.45, 2.75) is 6.10 Å². The molecule has 0 aliphatic heterocycles. The van der Waals surface area contributed by atoms with Crippen LogP contribution in [-0.4, -0.2) is 5.11 Å². The molecule has 1 heterocycles. The van der Waals surface area contributed by atoms with Crippen LogP contribution in [0.25, 0.3) is 0 Å². The normalized spacial score (nSPS) is 12.8. The Morgan fingerprint density at radius 1 is 1.24 bits per heavy atom. The van der Waals surface area contributed by atoms with Crippen molar-refractivity contribution in [3.05, 3.63) is 55.1 Å². The van der Waals surface area contributed by atoms with Crippen LogP contribution < -0.4 is 0 Å². The Morgan fingerprint density at radius 3 is 2.53 bits per heavy atom. The van der Waals surface area contributed by atoms with Gasteiger partial charge in [0.25, 0.3) is 0 Å². The zero-order valence-corrected chi connectivity index (χ0v) is 11.4. The van der Waals surface area contributed by atoms with E-state index in [4.69, 9.17) is 11.6 Å². The molecule has 0 radical (unpaired) electrons. The summed E-state index contributed by atoms with van der Waals surface area (Å²) in [7, 11) is 0. The van der Waals surface area contributed by atoms with E-state index in [0.717, 1.165) is 17.4 Å². The van der Waals surface area contributed by atoms with Crippen LogP contribution in [0.3, 0.4) is 0 Å². The van der Waals surface area contributed by atoms with Gasteiger partial charge in [-0.2, -0.15) is 0 Å². The second-order valence-corrected chi connectivity index (χ2v) is 5.90. The van der Waals surface area contributed by atoms with Crippen molar-refractivity contribution in [2.75, 3.05) is 0 Å². The molecule has 1 unspecified atom stereocenters. The minimum absolute atomic E-state index is 0.107. The number of rotatable bonds is 2. The molecule has 1 aromatic carbocycles. The molecule has 0 aliphatic carbocycles. The summed E-state index contributed by atoms with van der Waals surface area (Å²) in [6, 6.07) is 5.46. The van der Waals surface area contributed by atoms with Crippen molar-refractivity contribution in [2.24, 2.45) is 0 Å². The largest absolute Gasteiger partial charge is 0.383 e. The maximum absolute atomic E-state index is 13.7. The van der Waals surface area contributed by atoms with Crippen LogP contribution >= 0.6 is 38.9 Å². The highest BCUT2D eigenvalue weighted by atomic mass is 79.9. The fourth-order valence-electron chi connectivity index (χ4n) is 1.41. The first-order valence-electron chi connectivity index (χ1n) is 4.57. The second-order valence-electron chi connectivity index (χ2n) is 3.30. The summed E-state index contributed by atoms with van der Waals surface area (Å²) in [5.41, 5.74) is -0.377. The van der Waals surface area contributed by atoms with Gasteiger partial charge < -0.3 is 5.11 Å². The Bertz CT molecular complexity index is 558. The summed E-state index contributed by atoms with van der Waals surface area (Å²) < 4.78 is 27.8. The van der Waals surface area contributed by atoms with Crippen molar-refractivity contribution in [1.29, 1.82) is 0 Å². The molecule has 0 saturated carbocycles. The van der Waals surface area contributed by atoms with Gasteiger partial charge in [-0.25, -0.2) is 8.78 Å². The number of aliphatic hydroxyl groups excluding tert-OH is 1.